The van der Waals surface area contributed by atoms with Crippen LogP contribution in [-0.2, 0) is 13.1 Å². The number of rotatable bonds is 5. The Morgan fingerprint density at radius 3 is 2.68 bits per heavy atom. The first-order valence-electron chi connectivity index (χ1n) is 7.57. The number of benzene rings is 2. The van der Waals surface area contributed by atoms with E-state index in [1.807, 2.05) is 13.0 Å². The molecular weight excluding hydrogens is 437 g/mol. The zero-order valence-electron chi connectivity index (χ0n) is 13.7. The van der Waals surface area contributed by atoms with E-state index >= 15 is 0 Å². The molecule has 0 heterocycles. The summed E-state index contributed by atoms with van der Waals surface area (Å²) in [5, 5.41) is 14.9. The highest BCUT2D eigenvalue weighted by molar-refractivity contribution is 14.0. The quantitative estimate of drug-likeness (QED) is 0.410. The first-order chi connectivity index (χ1) is 11.6. The zero-order chi connectivity index (χ0) is 17.4. The Balaban J connectivity index is 0.00000312. The van der Waals surface area contributed by atoms with Crippen molar-refractivity contribution in [2.45, 2.75) is 20.0 Å². The second-order valence-corrected chi connectivity index (χ2v) is 5.10. The Morgan fingerprint density at radius 1 is 1.16 bits per heavy atom. The second-order valence-electron chi connectivity index (χ2n) is 5.10. The molecule has 25 heavy (non-hydrogen) atoms. The maximum absolute atomic E-state index is 13.6. The van der Waals surface area contributed by atoms with Gasteiger partial charge in [-0.2, -0.15) is 5.26 Å². The monoisotopic (exact) mass is 456 g/mol. The van der Waals surface area contributed by atoms with Crippen LogP contribution < -0.4 is 10.6 Å². The minimum absolute atomic E-state index is 0. The summed E-state index contributed by atoms with van der Waals surface area (Å²) in [7, 11) is 0. The molecule has 0 aliphatic heterocycles. The number of halogens is 3. The van der Waals surface area contributed by atoms with Crippen molar-refractivity contribution in [1.29, 1.82) is 5.26 Å². The van der Waals surface area contributed by atoms with Gasteiger partial charge in [-0.1, -0.05) is 12.1 Å². The standard InChI is InChI=1S/C18H18F2N4.HI/c1-2-22-18(23-11-14-5-3-4-13(8-14)10-21)24-12-15-9-16(19)6-7-17(15)20;/h3-9H,2,11-12H2,1H3,(H2,22,23,24);1H. The van der Waals surface area contributed by atoms with Crippen molar-refractivity contribution in [3.63, 3.8) is 0 Å². The molecule has 0 aliphatic rings. The van der Waals surface area contributed by atoms with E-state index < -0.39 is 11.6 Å². The molecule has 0 unspecified atom stereocenters. The van der Waals surface area contributed by atoms with Gasteiger partial charge in [-0.25, -0.2) is 13.8 Å². The molecule has 4 nitrogen and oxygen atoms in total. The molecule has 0 aliphatic carbocycles. The average Bonchev–Trinajstić information content (AvgIpc) is 2.60. The van der Waals surface area contributed by atoms with Gasteiger partial charge in [-0.05, 0) is 42.8 Å². The van der Waals surface area contributed by atoms with E-state index in [9.17, 15) is 8.78 Å². The third-order valence-corrected chi connectivity index (χ3v) is 3.27. The predicted molar refractivity (Wildman–Crippen MR) is 105 cm³/mol. The van der Waals surface area contributed by atoms with E-state index in [-0.39, 0.29) is 36.1 Å². The maximum atomic E-state index is 13.6. The summed E-state index contributed by atoms with van der Waals surface area (Å²) >= 11 is 0. The van der Waals surface area contributed by atoms with Gasteiger partial charge in [-0.3, -0.25) is 0 Å². The third-order valence-electron chi connectivity index (χ3n) is 3.27. The SMILES string of the molecule is CCNC(=NCc1cccc(C#N)c1)NCc1cc(F)ccc1F.I. The fourth-order valence-electron chi connectivity index (χ4n) is 2.11. The minimum atomic E-state index is -0.483. The van der Waals surface area contributed by atoms with Gasteiger partial charge in [0.25, 0.3) is 0 Å². The largest absolute Gasteiger partial charge is 0.357 e. The van der Waals surface area contributed by atoms with E-state index in [2.05, 4.69) is 21.7 Å². The Kier molecular flexibility index (Phi) is 8.84. The summed E-state index contributed by atoms with van der Waals surface area (Å²) in [5.41, 5.74) is 1.69. The number of guanidine groups is 1. The van der Waals surface area contributed by atoms with Gasteiger partial charge >= 0.3 is 0 Å². The Hall–Kier alpha value is -2.21. The summed E-state index contributed by atoms with van der Waals surface area (Å²) in [6, 6.07) is 12.6. The molecule has 2 rings (SSSR count). The average molecular weight is 456 g/mol. The lowest BCUT2D eigenvalue weighted by Gasteiger charge is -2.12. The lowest BCUT2D eigenvalue weighted by Crippen LogP contribution is -2.37. The smallest absolute Gasteiger partial charge is 0.191 e. The number of nitrogens with zero attached hydrogens (tertiary/aromatic N) is 2. The van der Waals surface area contributed by atoms with E-state index in [0.29, 0.717) is 24.6 Å². The number of nitrogens with one attached hydrogen (secondary N) is 2. The molecule has 2 aromatic rings. The van der Waals surface area contributed by atoms with Crippen LogP contribution in [0.15, 0.2) is 47.5 Å². The lowest BCUT2D eigenvalue weighted by atomic mass is 10.1. The fourth-order valence-corrected chi connectivity index (χ4v) is 2.11. The van der Waals surface area contributed by atoms with Crippen LogP contribution in [0.4, 0.5) is 8.78 Å². The van der Waals surface area contributed by atoms with Crippen molar-refractivity contribution in [3.05, 3.63) is 70.8 Å². The molecule has 0 bridgehead atoms. The van der Waals surface area contributed by atoms with Gasteiger partial charge in [0.05, 0.1) is 18.2 Å². The summed E-state index contributed by atoms with van der Waals surface area (Å²) in [6.45, 7) is 3.04. The molecule has 2 N–H and O–H groups in total. The molecule has 0 saturated carbocycles. The normalized spacial score (nSPS) is 10.6. The van der Waals surface area contributed by atoms with Crippen LogP contribution in [0.2, 0.25) is 0 Å². The van der Waals surface area contributed by atoms with Crippen LogP contribution in [0, 0.1) is 23.0 Å². The molecule has 2 aromatic carbocycles. The predicted octanol–water partition coefficient (Wildman–Crippen LogP) is 3.71. The van der Waals surface area contributed by atoms with Gasteiger partial charge in [0.2, 0.25) is 0 Å². The van der Waals surface area contributed by atoms with Crippen LogP contribution in [-0.4, -0.2) is 12.5 Å². The van der Waals surface area contributed by atoms with Crippen molar-refractivity contribution >= 4 is 29.9 Å². The van der Waals surface area contributed by atoms with Gasteiger partial charge in [0, 0.05) is 18.7 Å². The zero-order valence-corrected chi connectivity index (χ0v) is 16.1. The van der Waals surface area contributed by atoms with E-state index in [1.54, 1.807) is 18.2 Å². The van der Waals surface area contributed by atoms with Crippen LogP contribution in [0.5, 0.6) is 0 Å². The topological polar surface area (TPSA) is 60.2 Å². The van der Waals surface area contributed by atoms with Gasteiger partial charge < -0.3 is 10.6 Å². The van der Waals surface area contributed by atoms with Gasteiger partial charge in [-0.15, -0.1) is 24.0 Å². The van der Waals surface area contributed by atoms with E-state index in [4.69, 9.17) is 5.26 Å². The van der Waals surface area contributed by atoms with Crippen LogP contribution >= 0.6 is 24.0 Å². The summed E-state index contributed by atoms with van der Waals surface area (Å²) < 4.78 is 26.8. The molecule has 0 aromatic heterocycles. The summed E-state index contributed by atoms with van der Waals surface area (Å²) in [5.74, 6) is -0.464. The number of aliphatic imine (C=N–C) groups is 1. The lowest BCUT2D eigenvalue weighted by molar-refractivity contribution is 0.581. The number of nitriles is 1. The third kappa shape index (κ3) is 6.66. The molecule has 0 radical (unpaired) electrons. The summed E-state index contributed by atoms with van der Waals surface area (Å²) in [4.78, 5) is 4.40. The molecule has 7 heteroatoms. The molecule has 0 atom stereocenters. The molecule has 0 saturated heterocycles. The van der Waals surface area contributed by atoms with Crippen molar-refractivity contribution in [1.82, 2.24) is 10.6 Å². The first kappa shape index (κ1) is 20.8. The van der Waals surface area contributed by atoms with Crippen LogP contribution in [0.25, 0.3) is 0 Å². The Bertz CT molecular complexity index is 772. The highest BCUT2D eigenvalue weighted by Crippen LogP contribution is 2.09. The van der Waals surface area contributed by atoms with Gasteiger partial charge in [0.1, 0.15) is 11.6 Å². The molecule has 0 amide bonds. The number of hydrogen-bond donors (Lipinski definition) is 2. The highest BCUT2D eigenvalue weighted by atomic mass is 127. The van der Waals surface area contributed by atoms with Crippen LogP contribution in [0.1, 0.15) is 23.6 Å². The molecular formula is C18H19F2IN4. The fraction of sp³-hybridized carbons (Fsp3) is 0.222. The number of hydrogen-bond acceptors (Lipinski definition) is 2. The van der Waals surface area contributed by atoms with Crippen molar-refractivity contribution in [2.24, 2.45) is 4.99 Å². The first-order valence-corrected chi connectivity index (χ1v) is 7.57. The van der Waals surface area contributed by atoms with Crippen LogP contribution in [0.3, 0.4) is 0 Å². The van der Waals surface area contributed by atoms with E-state index in [1.165, 1.54) is 0 Å². The highest BCUT2D eigenvalue weighted by Gasteiger charge is 2.05. The second kappa shape index (κ2) is 10.6. The Morgan fingerprint density at radius 2 is 1.96 bits per heavy atom. The maximum Gasteiger partial charge on any atom is 0.191 e. The van der Waals surface area contributed by atoms with Crippen molar-refractivity contribution in [3.8, 4) is 6.07 Å². The molecule has 0 spiro atoms. The summed E-state index contributed by atoms with van der Waals surface area (Å²) in [6.07, 6.45) is 0. The molecule has 132 valence electrons. The van der Waals surface area contributed by atoms with Gasteiger partial charge in [0.15, 0.2) is 5.96 Å². The van der Waals surface area contributed by atoms with Crippen molar-refractivity contribution < 1.29 is 8.78 Å². The van der Waals surface area contributed by atoms with Crippen molar-refractivity contribution in [2.75, 3.05) is 6.54 Å². The Labute approximate surface area is 163 Å². The molecule has 0 fully saturated rings. The van der Waals surface area contributed by atoms with E-state index in [0.717, 1.165) is 23.8 Å². The minimum Gasteiger partial charge on any atom is -0.357 e.